The van der Waals surface area contributed by atoms with E-state index >= 15 is 0 Å². The molecule has 0 bridgehead atoms. The first-order valence-corrected chi connectivity index (χ1v) is 5.74. The molecule has 1 aromatic heterocycles. The lowest BCUT2D eigenvalue weighted by atomic mass is 10.2. The number of aromatic carboxylic acids is 1. The molecule has 2 N–H and O–H groups in total. The first-order valence-electron chi connectivity index (χ1n) is 5.74. The van der Waals surface area contributed by atoms with Crippen LogP contribution in [0.2, 0.25) is 0 Å². The summed E-state index contributed by atoms with van der Waals surface area (Å²) in [6.45, 7) is 1.73. The van der Waals surface area contributed by atoms with Crippen LogP contribution in [-0.4, -0.2) is 17.0 Å². The van der Waals surface area contributed by atoms with Crippen molar-refractivity contribution < 1.29 is 19.1 Å². The Labute approximate surface area is 109 Å². The molecule has 0 radical (unpaired) electrons. The molecule has 1 heterocycles. The standard InChI is InChI=1S/C14H13NO4/c1-9-12(14(17)18)7-11(19-9)8-15-13(16)10-5-3-2-4-6-10/h2-7H,8H2,1H3,(H,15,16)(H,17,18). The van der Waals surface area contributed by atoms with E-state index in [0.717, 1.165) is 0 Å². The highest BCUT2D eigenvalue weighted by molar-refractivity contribution is 5.94. The SMILES string of the molecule is Cc1oc(CNC(=O)c2ccccc2)cc1C(=O)O. The monoisotopic (exact) mass is 259 g/mol. The zero-order chi connectivity index (χ0) is 13.8. The second kappa shape index (κ2) is 5.39. The molecule has 0 aliphatic carbocycles. The van der Waals surface area contributed by atoms with E-state index in [0.29, 0.717) is 17.1 Å². The molecule has 0 aliphatic rings. The molecular formula is C14H13NO4. The van der Waals surface area contributed by atoms with Gasteiger partial charge in [-0.3, -0.25) is 4.79 Å². The molecular weight excluding hydrogens is 246 g/mol. The van der Waals surface area contributed by atoms with E-state index in [-0.39, 0.29) is 18.0 Å². The van der Waals surface area contributed by atoms with Gasteiger partial charge in [-0.15, -0.1) is 0 Å². The van der Waals surface area contributed by atoms with Crippen LogP contribution in [-0.2, 0) is 6.54 Å². The van der Waals surface area contributed by atoms with Crippen LogP contribution in [0.1, 0.15) is 32.2 Å². The smallest absolute Gasteiger partial charge is 0.339 e. The van der Waals surface area contributed by atoms with Crippen LogP contribution in [0.15, 0.2) is 40.8 Å². The summed E-state index contributed by atoms with van der Waals surface area (Å²) < 4.78 is 5.27. The van der Waals surface area contributed by atoms with Gasteiger partial charge in [0, 0.05) is 5.56 Å². The molecule has 1 aromatic carbocycles. The van der Waals surface area contributed by atoms with Gasteiger partial charge in [-0.05, 0) is 25.1 Å². The number of furan rings is 1. The topological polar surface area (TPSA) is 79.5 Å². The van der Waals surface area contributed by atoms with Gasteiger partial charge in [0.2, 0.25) is 0 Å². The Hall–Kier alpha value is -2.56. The van der Waals surface area contributed by atoms with E-state index in [2.05, 4.69) is 5.32 Å². The van der Waals surface area contributed by atoms with Gasteiger partial charge in [-0.1, -0.05) is 18.2 Å². The number of carboxylic acids is 1. The third kappa shape index (κ3) is 3.01. The minimum atomic E-state index is -1.04. The maximum atomic E-state index is 11.8. The summed E-state index contributed by atoms with van der Waals surface area (Å²) in [6, 6.07) is 10.2. The van der Waals surface area contributed by atoms with Crippen molar-refractivity contribution in [2.24, 2.45) is 0 Å². The molecule has 19 heavy (non-hydrogen) atoms. The van der Waals surface area contributed by atoms with Crippen molar-refractivity contribution >= 4 is 11.9 Å². The molecule has 2 rings (SSSR count). The van der Waals surface area contributed by atoms with Gasteiger partial charge in [0.05, 0.1) is 6.54 Å². The summed E-state index contributed by atoms with van der Waals surface area (Å²) in [4.78, 5) is 22.6. The van der Waals surface area contributed by atoms with Crippen molar-refractivity contribution in [3.05, 3.63) is 59.0 Å². The van der Waals surface area contributed by atoms with E-state index < -0.39 is 5.97 Å². The summed E-state index contributed by atoms with van der Waals surface area (Å²) in [7, 11) is 0. The van der Waals surface area contributed by atoms with Crippen LogP contribution in [0.4, 0.5) is 0 Å². The van der Waals surface area contributed by atoms with Gasteiger partial charge in [-0.25, -0.2) is 4.79 Å². The highest BCUT2D eigenvalue weighted by atomic mass is 16.4. The maximum absolute atomic E-state index is 11.8. The van der Waals surface area contributed by atoms with Crippen LogP contribution >= 0.6 is 0 Å². The molecule has 0 atom stereocenters. The Bertz CT molecular complexity index is 601. The molecule has 1 amide bonds. The van der Waals surface area contributed by atoms with Gasteiger partial charge in [0.25, 0.3) is 5.91 Å². The Morgan fingerprint density at radius 3 is 2.53 bits per heavy atom. The van der Waals surface area contributed by atoms with E-state index in [1.54, 1.807) is 31.2 Å². The predicted molar refractivity (Wildman–Crippen MR) is 68.0 cm³/mol. The number of nitrogens with one attached hydrogen (secondary N) is 1. The van der Waals surface area contributed by atoms with Gasteiger partial charge in [-0.2, -0.15) is 0 Å². The number of rotatable bonds is 4. The summed E-state index contributed by atoms with van der Waals surface area (Å²) in [6.07, 6.45) is 0. The number of amides is 1. The van der Waals surface area contributed by atoms with Crippen molar-refractivity contribution in [3.8, 4) is 0 Å². The summed E-state index contributed by atoms with van der Waals surface area (Å²) in [5.74, 6) is -0.524. The van der Waals surface area contributed by atoms with E-state index in [1.807, 2.05) is 6.07 Å². The fourth-order valence-corrected chi connectivity index (χ4v) is 1.70. The molecule has 0 saturated heterocycles. The highest BCUT2D eigenvalue weighted by Gasteiger charge is 2.14. The van der Waals surface area contributed by atoms with Crippen molar-refractivity contribution in [2.75, 3.05) is 0 Å². The Morgan fingerprint density at radius 1 is 1.26 bits per heavy atom. The van der Waals surface area contributed by atoms with Crippen LogP contribution in [0.25, 0.3) is 0 Å². The zero-order valence-corrected chi connectivity index (χ0v) is 10.3. The zero-order valence-electron chi connectivity index (χ0n) is 10.3. The van der Waals surface area contributed by atoms with Gasteiger partial charge >= 0.3 is 5.97 Å². The molecule has 5 heteroatoms. The molecule has 0 unspecified atom stereocenters. The Morgan fingerprint density at radius 2 is 1.95 bits per heavy atom. The molecule has 0 saturated carbocycles. The van der Waals surface area contributed by atoms with Gasteiger partial charge in [0.1, 0.15) is 17.1 Å². The molecule has 5 nitrogen and oxygen atoms in total. The normalized spacial score (nSPS) is 10.2. The van der Waals surface area contributed by atoms with E-state index in [9.17, 15) is 9.59 Å². The second-order valence-corrected chi connectivity index (χ2v) is 4.04. The molecule has 0 aliphatic heterocycles. The largest absolute Gasteiger partial charge is 0.478 e. The Kier molecular flexibility index (Phi) is 3.66. The van der Waals surface area contributed by atoms with Gasteiger partial charge in [0.15, 0.2) is 0 Å². The van der Waals surface area contributed by atoms with Crippen molar-refractivity contribution in [1.82, 2.24) is 5.32 Å². The number of benzene rings is 1. The number of carboxylic acid groups (broad SMARTS) is 1. The van der Waals surface area contributed by atoms with Gasteiger partial charge < -0.3 is 14.8 Å². The van der Waals surface area contributed by atoms with E-state index in [1.165, 1.54) is 6.07 Å². The lowest BCUT2D eigenvalue weighted by molar-refractivity contribution is 0.0694. The molecule has 2 aromatic rings. The molecule has 0 fully saturated rings. The third-order valence-corrected chi connectivity index (χ3v) is 2.66. The lowest BCUT2D eigenvalue weighted by Crippen LogP contribution is -2.22. The number of carbonyl (C=O) groups excluding carboxylic acids is 1. The molecule has 0 spiro atoms. The molecule has 98 valence electrons. The second-order valence-electron chi connectivity index (χ2n) is 4.04. The van der Waals surface area contributed by atoms with Crippen LogP contribution in [0, 0.1) is 6.92 Å². The van der Waals surface area contributed by atoms with Crippen molar-refractivity contribution in [2.45, 2.75) is 13.5 Å². The minimum Gasteiger partial charge on any atom is -0.478 e. The van der Waals surface area contributed by atoms with E-state index in [4.69, 9.17) is 9.52 Å². The van der Waals surface area contributed by atoms with Crippen molar-refractivity contribution in [1.29, 1.82) is 0 Å². The van der Waals surface area contributed by atoms with Crippen LogP contribution in [0.5, 0.6) is 0 Å². The third-order valence-electron chi connectivity index (χ3n) is 2.66. The average Bonchev–Trinajstić information content (AvgIpc) is 2.78. The maximum Gasteiger partial charge on any atom is 0.339 e. The summed E-state index contributed by atoms with van der Waals surface area (Å²) in [5.41, 5.74) is 0.660. The first-order chi connectivity index (χ1) is 9.08. The number of hydrogen-bond donors (Lipinski definition) is 2. The minimum absolute atomic E-state index is 0.115. The lowest BCUT2D eigenvalue weighted by Gasteiger charge is -2.02. The number of hydrogen-bond acceptors (Lipinski definition) is 3. The van der Waals surface area contributed by atoms with Crippen molar-refractivity contribution in [3.63, 3.8) is 0 Å². The van der Waals surface area contributed by atoms with Crippen LogP contribution < -0.4 is 5.32 Å². The van der Waals surface area contributed by atoms with Crippen LogP contribution in [0.3, 0.4) is 0 Å². The highest BCUT2D eigenvalue weighted by Crippen LogP contribution is 2.14. The number of aryl methyl sites for hydroxylation is 1. The fraction of sp³-hybridized carbons (Fsp3) is 0.143. The summed E-state index contributed by atoms with van der Waals surface area (Å²) >= 11 is 0. The predicted octanol–water partition coefficient (Wildman–Crippen LogP) is 2.22. The average molecular weight is 259 g/mol. The Balaban J connectivity index is 2.01. The first kappa shape index (κ1) is 12.9. The quantitative estimate of drug-likeness (QED) is 0.882. The number of carbonyl (C=O) groups is 2. The fourth-order valence-electron chi connectivity index (χ4n) is 1.70. The summed E-state index contributed by atoms with van der Waals surface area (Å²) in [5, 5.41) is 11.6.